The van der Waals surface area contributed by atoms with Crippen molar-refractivity contribution in [3.05, 3.63) is 59.2 Å². The minimum atomic E-state index is 0.162. The van der Waals surface area contributed by atoms with Crippen LogP contribution >= 0.6 is 0 Å². The second-order valence-electron chi connectivity index (χ2n) is 5.17. The lowest BCUT2D eigenvalue weighted by atomic mass is 10.1. The Labute approximate surface area is 124 Å². The van der Waals surface area contributed by atoms with Crippen molar-refractivity contribution in [2.75, 3.05) is 0 Å². The van der Waals surface area contributed by atoms with Crippen LogP contribution in [0.3, 0.4) is 0 Å². The number of rotatable bonds is 3. The highest BCUT2D eigenvalue weighted by atomic mass is 16.3. The van der Waals surface area contributed by atoms with Crippen LogP contribution in [0.2, 0.25) is 0 Å². The molecule has 3 nitrogen and oxygen atoms in total. The van der Waals surface area contributed by atoms with Crippen molar-refractivity contribution in [2.45, 2.75) is 20.3 Å². The number of aliphatic imine (C=N–C) groups is 1. The molecular weight excluding hydrogens is 260 g/mol. The summed E-state index contributed by atoms with van der Waals surface area (Å²) in [4.78, 5) is 7.50. The van der Waals surface area contributed by atoms with Crippen LogP contribution in [0.25, 0.3) is 10.9 Å². The summed E-state index contributed by atoms with van der Waals surface area (Å²) >= 11 is 0. The lowest BCUT2D eigenvalue weighted by Gasteiger charge is -1.99. The predicted octanol–water partition coefficient (Wildman–Crippen LogP) is 4.49. The van der Waals surface area contributed by atoms with Gasteiger partial charge >= 0.3 is 0 Å². The standard InChI is InChI=1S/C18H18N2O/c1-3-13-7-5-8-14(10-13)19-11-15-17-12(2)6-4-9-16(17)20-18(15)21/h4-11,20-21H,3H2,1-2H3. The Morgan fingerprint density at radius 1 is 1.19 bits per heavy atom. The predicted molar refractivity (Wildman–Crippen MR) is 87.8 cm³/mol. The van der Waals surface area contributed by atoms with Crippen molar-refractivity contribution in [3.63, 3.8) is 0 Å². The first-order chi connectivity index (χ1) is 10.2. The van der Waals surface area contributed by atoms with Gasteiger partial charge in [0.15, 0.2) is 5.88 Å². The van der Waals surface area contributed by atoms with Gasteiger partial charge < -0.3 is 10.1 Å². The van der Waals surface area contributed by atoms with E-state index in [0.29, 0.717) is 0 Å². The molecule has 0 bridgehead atoms. The minimum Gasteiger partial charge on any atom is -0.494 e. The van der Waals surface area contributed by atoms with Gasteiger partial charge in [0.05, 0.1) is 11.3 Å². The Morgan fingerprint density at radius 3 is 2.81 bits per heavy atom. The van der Waals surface area contributed by atoms with Crippen molar-refractivity contribution in [2.24, 2.45) is 4.99 Å². The lowest BCUT2D eigenvalue weighted by molar-refractivity contribution is 0.457. The van der Waals surface area contributed by atoms with E-state index in [1.807, 2.05) is 37.3 Å². The number of fused-ring (bicyclic) bond motifs is 1. The Hall–Kier alpha value is -2.55. The number of nitrogens with one attached hydrogen (secondary N) is 1. The maximum absolute atomic E-state index is 10.1. The second kappa shape index (κ2) is 5.44. The molecule has 0 saturated heterocycles. The molecular formula is C18H18N2O. The van der Waals surface area contributed by atoms with E-state index in [0.717, 1.165) is 34.1 Å². The van der Waals surface area contributed by atoms with E-state index >= 15 is 0 Å². The summed E-state index contributed by atoms with van der Waals surface area (Å²) in [5, 5.41) is 11.1. The van der Waals surface area contributed by atoms with Gasteiger partial charge in [0.2, 0.25) is 0 Å². The average Bonchev–Trinajstić information content (AvgIpc) is 2.82. The number of H-pyrrole nitrogens is 1. The fourth-order valence-electron chi connectivity index (χ4n) is 2.56. The Bertz CT molecular complexity index is 815. The molecule has 0 radical (unpaired) electrons. The summed E-state index contributed by atoms with van der Waals surface area (Å²) in [7, 11) is 0. The van der Waals surface area contributed by atoms with Crippen LogP contribution in [-0.4, -0.2) is 16.3 Å². The van der Waals surface area contributed by atoms with Gasteiger partial charge in [-0.15, -0.1) is 0 Å². The van der Waals surface area contributed by atoms with Crippen molar-refractivity contribution in [3.8, 4) is 5.88 Å². The third-order valence-electron chi connectivity index (χ3n) is 3.71. The van der Waals surface area contributed by atoms with E-state index in [-0.39, 0.29) is 5.88 Å². The van der Waals surface area contributed by atoms with Gasteiger partial charge in [0.25, 0.3) is 0 Å². The average molecular weight is 278 g/mol. The summed E-state index contributed by atoms with van der Waals surface area (Å²) in [5.74, 6) is 0.162. The van der Waals surface area contributed by atoms with Crippen molar-refractivity contribution < 1.29 is 5.11 Å². The van der Waals surface area contributed by atoms with Crippen LogP contribution in [0, 0.1) is 6.92 Å². The molecule has 0 saturated carbocycles. The summed E-state index contributed by atoms with van der Waals surface area (Å²) in [6, 6.07) is 14.1. The molecule has 0 amide bonds. The lowest BCUT2D eigenvalue weighted by Crippen LogP contribution is -1.83. The SMILES string of the molecule is CCc1cccc(N=Cc2c(O)[nH]c3cccc(C)c23)c1. The van der Waals surface area contributed by atoms with Crippen LogP contribution in [0.1, 0.15) is 23.6 Å². The van der Waals surface area contributed by atoms with Crippen LogP contribution < -0.4 is 0 Å². The van der Waals surface area contributed by atoms with Gasteiger partial charge in [0.1, 0.15) is 0 Å². The Balaban J connectivity index is 2.05. The molecule has 0 aliphatic rings. The number of hydrogen-bond donors (Lipinski definition) is 2. The number of aromatic amines is 1. The van der Waals surface area contributed by atoms with E-state index in [4.69, 9.17) is 0 Å². The number of aromatic nitrogens is 1. The van der Waals surface area contributed by atoms with E-state index in [1.165, 1.54) is 5.56 Å². The molecule has 0 unspecified atom stereocenters. The molecule has 3 aromatic rings. The smallest absolute Gasteiger partial charge is 0.198 e. The van der Waals surface area contributed by atoms with Crippen molar-refractivity contribution >= 4 is 22.8 Å². The molecule has 106 valence electrons. The molecule has 0 fully saturated rings. The molecule has 0 spiro atoms. The van der Waals surface area contributed by atoms with Gasteiger partial charge in [-0.3, -0.25) is 4.99 Å². The fourth-order valence-corrected chi connectivity index (χ4v) is 2.56. The number of hydrogen-bond acceptors (Lipinski definition) is 2. The van der Waals surface area contributed by atoms with Gasteiger partial charge in [0, 0.05) is 17.1 Å². The maximum atomic E-state index is 10.1. The molecule has 0 atom stereocenters. The van der Waals surface area contributed by atoms with Gasteiger partial charge in [-0.25, -0.2) is 0 Å². The van der Waals surface area contributed by atoms with E-state index in [2.05, 4.69) is 29.0 Å². The fraction of sp³-hybridized carbons (Fsp3) is 0.167. The first-order valence-corrected chi connectivity index (χ1v) is 7.12. The monoisotopic (exact) mass is 278 g/mol. The molecule has 3 heteroatoms. The normalized spacial score (nSPS) is 11.5. The number of aromatic hydroxyl groups is 1. The maximum Gasteiger partial charge on any atom is 0.198 e. The van der Waals surface area contributed by atoms with Gasteiger partial charge in [-0.1, -0.05) is 31.2 Å². The highest BCUT2D eigenvalue weighted by molar-refractivity contribution is 6.04. The van der Waals surface area contributed by atoms with Crippen LogP contribution in [0.4, 0.5) is 5.69 Å². The molecule has 2 aromatic carbocycles. The number of aryl methyl sites for hydroxylation is 2. The second-order valence-corrected chi connectivity index (χ2v) is 5.17. The topological polar surface area (TPSA) is 48.4 Å². The molecule has 2 N–H and O–H groups in total. The molecule has 1 aromatic heterocycles. The van der Waals surface area contributed by atoms with Gasteiger partial charge in [-0.2, -0.15) is 0 Å². The van der Waals surface area contributed by atoms with Crippen LogP contribution in [0.15, 0.2) is 47.5 Å². The summed E-state index contributed by atoms with van der Waals surface area (Å²) < 4.78 is 0. The highest BCUT2D eigenvalue weighted by Crippen LogP contribution is 2.28. The number of benzene rings is 2. The molecule has 0 aliphatic carbocycles. The zero-order chi connectivity index (χ0) is 14.8. The summed E-state index contributed by atoms with van der Waals surface area (Å²) in [5.41, 5.74) is 4.94. The van der Waals surface area contributed by atoms with Crippen molar-refractivity contribution in [1.82, 2.24) is 4.98 Å². The Kier molecular flexibility index (Phi) is 3.48. The molecule has 1 heterocycles. The summed E-state index contributed by atoms with van der Waals surface area (Å²) in [6.07, 6.45) is 2.72. The molecule has 0 aliphatic heterocycles. The first kappa shape index (κ1) is 13.4. The largest absolute Gasteiger partial charge is 0.494 e. The van der Waals surface area contributed by atoms with Crippen molar-refractivity contribution in [1.29, 1.82) is 0 Å². The third kappa shape index (κ3) is 2.55. The quantitative estimate of drug-likeness (QED) is 0.681. The molecule has 21 heavy (non-hydrogen) atoms. The van der Waals surface area contributed by atoms with Gasteiger partial charge in [-0.05, 0) is 42.7 Å². The number of nitrogens with zero attached hydrogens (tertiary/aromatic N) is 1. The third-order valence-corrected chi connectivity index (χ3v) is 3.71. The van der Waals surface area contributed by atoms with E-state index < -0.39 is 0 Å². The Morgan fingerprint density at radius 2 is 2.00 bits per heavy atom. The van der Waals surface area contributed by atoms with Crippen LogP contribution in [-0.2, 0) is 6.42 Å². The summed E-state index contributed by atoms with van der Waals surface area (Å²) in [6.45, 7) is 4.16. The zero-order valence-electron chi connectivity index (χ0n) is 12.2. The molecule has 3 rings (SSSR count). The zero-order valence-corrected chi connectivity index (χ0v) is 12.2. The van der Waals surface area contributed by atoms with E-state index in [1.54, 1.807) is 6.21 Å². The highest BCUT2D eigenvalue weighted by Gasteiger charge is 2.10. The first-order valence-electron chi connectivity index (χ1n) is 7.12. The van der Waals surface area contributed by atoms with Crippen LogP contribution in [0.5, 0.6) is 5.88 Å². The minimum absolute atomic E-state index is 0.162. The van der Waals surface area contributed by atoms with E-state index in [9.17, 15) is 5.11 Å².